The fourth-order valence-corrected chi connectivity index (χ4v) is 13.1. The lowest BCUT2D eigenvalue weighted by Gasteiger charge is -2.29. The quantitative estimate of drug-likeness (QED) is 0.0269. The average Bonchev–Trinajstić information content (AvgIpc) is 0.979. The van der Waals surface area contributed by atoms with Gasteiger partial charge in [0.05, 0.1) is 18.6 Å². The van der Waals surface area contributed by atoms with E-state index in [0.717, 1.165) is 166 Å². The Hall–Kier alpha value is 0.220. The minimum atomic E-state index is -1.67. The van der Waals surface area contributed by atoms with Gasteiger partial charge < -0.3 is 47.4 Å². The lowest BCUT2D eigenvalue weighted by Crippen LogP contribution is -2.46. The standard InChI is InChI=1S/7C12H26.C6H14O6.C2H7N.C2H6.CH2Cl2.2CH5N.4CH4/c7*1-7-9(3)11(5)12(6)10(4)8-2;7-1-3(9)5(11)6(12)4(10)2-8;1-3-2;1-2;2-1-3;2*1-2;;;;/h7*9-12H,7-8H2,1-6H3;3-12H,1-2H2;3H,1-2H3;1-2H3;1H2;2*2H2,1H3;4*1H4. The molecule has 0 spiro atoms. The molecule has 32 unspecified atom stereocenters. The zero-order chi connectivity index (χ0) is 89.2. The van der Waals surface area contributed by atoms with Crippen molar-refractivity contribution in [3.05, 3.63) is 0 Å². The van der Waals surface area contributed by atoms with Crippen LogP contribution in [0.3, 0.4) is 0 Å². The van der Waals surface area contributed by atoms with Gasteiger partial charge in [0.2, 0.25) is 0 Å². The lowest BCUT2D eigenvalue weighted by molar-refractivity contribution is -0.123. The van der Waals surface area contributed by atoms with Crippen LogP contribution in [0.25, 0.3) is 0 Å². The molecule has 0 aromatic rings. The first-order valence-electron chi connectivity index (χ1n) is 46.0. The third-order valence-electron chi connectivity index (χ3n) is 28.9. The molecule has 0 aromatic heterocycles. The van der Waals surface area contributed by atoms with Gasteiger partial charge in [0.15, 0.2) is 0 Å². The third kappa shape index (κ3) is 80.0. The van der Waals surface area contributed by atoms with Crippen LogP contribution < -0.4 is 16.8 Å². The fraction of sp³-hybridized carbons (Fsp3) is 1.00. The molecule has 0 fully saturated rings. The number of nitrogens with one attached hydrogen (secondary N) is 1. The van der Waals surface area contributed by atoms with Crippen molar-refractivity contribution in [1.82, 2.24) is 5.32 Å². The van der Waals surface area contributed by atoms with Crippen molar-refractivity contribution in [2.75, 3.05) is 46.7 Å². The summed E-state index contributed by atoms with van der Waals surface area (Å²) in [6.45, 7) is 102. The van der Waals surface area contributed by atoms with Crippen LogP contribution >= 0.6 is 23.2 Å². The predicted molar refractivity (Wildman–Crippen MR) is 529 cm³/mol. The molecule has 0 radical (unpaired) electrons. The number of aliphatic hydroxyl groups excluding tert-OH is 6. The van der Waals surface area contributed by atoms with Crippen molar-refractivity contribution < 1.29 is 30.6 Å². The maximum Gasteiger partial charge on any atom is 0.111 e. The highest BCUT2D eigenvalue weighted by molar-refractivity contribution is 6.40. The molecule has 0 rings (SSSR count). The molecular formula is C101H237Cl2N3O6. The van der Waals surface area contributed by atoms with Crippen molar-refractivity contribution in [1.29, 1.82) is 0 Å². The van der Waals surface area contributed by atoms with Crippen molar-refractivity contribution in [3.8, 4) is 0 Å². The minimum absolute atomic E-state index is 0. The van der Waals surface area contributed by atoms with Crippen molar-refractivity contribution in [3.63, 3.8) is 0 Å². The second-order valence-corrected chi connectivity index (χ2v) is 35.3. The molecule has 0 aliphatic rings. The summed E-state index contributed by atoms with van der Waals surface area (Å²) < 4.78 is 0. The van der Waals surface area contributed by atoms with Crippen LogP contribution in [0.15, 0.2) is 0 Å². The molecule has 11 heteroatoms. The molecule has 0 heterocycles. The minimum Gasteiger partial charge on any atom is -0.394 e. The van der Waals surface area contributed by atoms with Gasteiger partial charge in [0.1, 0.15) is 24.4 Å². The molecule has 706 valence electrons. The van der Waals surface area contributed by atoms with Gasteiger partial charge >= 0.3 is 0 Å². The van der Waals surface area contributed by atoms with Crippen molar-refractivity contribution in [2.45, 2.75) is 449 Å². The van der Waals surface area contributed by atoms with E-state index in [2.05, 4.69) is 308 Å². The zero-order valence-corrected chi connectivity index (χ0v) is 85.1. The van der Waals surface area contributed by atoms with Crippen molar-refractivity contribution >= 4 is 23.2 Å². The Morgan fingerprint density at radius 3 is 0.304 bits per heavy atom. The summed E-state index contributed by atoms with van der Waals surface area (Å²) in [5, 5.41) is 55.1. The van der Waals surface area contributed by atoms with Crippen LogP contribution in [0.5, 0.6) is 0 Å². The Morgan fingerprint density at radius 1 is 0.214 bits per heavy atom. The number of hydrogen-bond acceptors (Lipinski definition) is 9. The third-order valence-corrected chi connectivity index (χ3v) is 28.9. The van der Waals surface area contributed by atoms with Crippen LogP contribution in [0.1, 0.15) is 424 Å². The molecule has 0 aliphatic heterocycles. The summed E-state index contributed by atoms with van der Waals surface area (Å²) in [6, 6.07) is 0. The van der Waals surface area contributed by atoms with Crippen molar-refractivity contribution in [2.24, 2.45) is 177 Å². The summed E-state index contributed by atoms with van der Waals surface area (Å²) in [6.07, 6.45) is 12.1. The molecule has 0 saturated heterocycles. The Kier molecular flexibility index (Phi) is 142. The van der Waals surface area contributed by atoms with E-state index in [1.165, 1.54) is 104 Å². The summed E-state index contributed by atoms with van der Waals surface area (Å²) in [5.41, 5.74) is 9.00. The van der Waals surface area contributed by atoms with Gasteiger partial charge in [-0.25, -0.2) is 0 Å². The fourth-order valence-electron chi connectivity index (χ4n) is 13.1. The molecule has 0 amide bonds. The van der Waals surface area contributed by atoms with Gasteiger partial charge in [-0.3, -0.25) is 0 Å². The van der Waals surface area contributed by atoms with E-state index in [1.807, 2.05) is 27.9 Å². The summed E-state index contributed by atoms with van der Waals surface area (Å²) in [4.78, 5) is 0. The smallest absolute Gasteiger partial charge is 0.111 e. The van der Waals surface area contributed by atoms with Crippen LogP contribution in [0, 0.1) is 166 Å². The zero-order valence-electron chi connectivity index (χ0n) is 83.6. The molecule has 9 nitrogen and oxygen atoms in total. The van der Waals surface area contributed by atoms with E-state index >= 15 is 0 Å². The molecule has 0 bridgehead atoms. The monoisotopic (exact) mass is 1660 g/mol. The molecule has 0 saturated carbocycles. The maximum absolute atomic E-state index is 8.96. The number of halogens is 2. The Morgan fingerprint density at radius 2 is 0.268 bits per heavy atom. The van der Waals surface area contributed by atoms with Gasteiger partial charge in [-0.1, -0.05) is 424 Å². The highest BCUT2D eigenvalue weighted by Gasteiger charge is 2.30. The average molecular weight is 1660 g/mol. The van der Waals surface area contributed by atoms with E-state index in [9.17, 15) is 0 Å². The number of rotatable bonds is 40. The Labute approximate surface area is 727 Å². The topological polar surface area (TPSA) is 185 Å². The number of aliphatic hydroxyl groups is 6. The van der Waals surface area contributed by atoms with Gasteiger partial charge in [0.25, 0.3) is 0 Å². The molecule has 0 aliphatic carbocycles. The number of nitrogens with two attached hydrogens (primary N) is 2. The number of hydrogen-bond donors (Lipinski definition) is 9. The van der Waals surface area contributed by atoms with Gasteiger partial charge in [-0.15, -0.1) is 23.2 Å². The molecular weight excluding hydrogens is 1420 g/mol. The number of alkyl halides is 2. The SMILES string of the molecule is C.C.C.C.CC.CCC(C)C(C)C(C)C(C)CC.CCC(C)C(C)C(C)C(C)CC.CCC(C)C(C)C(C)C(C)CC.CCC(C)C(C)C(C)C(C)CC.CCC(C)C(C)C(C)C(C)CC.CCC(C)C(C)C(C)C(C)CC.CCC(C)C(C)C(C)C(C)CC.CN.CN.CNC.ClCCl.OCC(O)C(O)C(O)C(O)CO. The second kappa shape index (κ2) is 104. The van der Waals surface area contributed by atoms with Crippen LogP contribution in [0.2, 0.25) is 0 Å². The van der Waals surface area contributed by atoms with E-state index < -0.39 is 37.6 Å². The summed E-state index contributed by atoms with van der Waals surface area (Å²) >= 11 is 9.53. The highest BCUT2D eigenvalue weighted by Crippen LogP contribution is 2.36. The normalized spacial score (nSPS) is 18.9. The van der Waals surface area contributed by atoms with E-state index in [1.54, 1.807) is 0 Å². The Bertz CT molecular complexity index is 1180. The van der Waals surface area contributed by atoms with Crippen LogP contribution in [-0.2, 0) is 0 Å². The Balaban J connectivity index is -0.0000000598. The van der Waals surface area contributed by atoms with E-state index in [4.69, 9.17) is 53.8 Å². The summed E-state index contributed by atoms with van der Waals surface area (Å²) in [5.74, 6) is 24.7. The van der Waals surface area contributed by atoms with Gasteiger partial charge in [0, 0.05) is 0 Å². The van der Waals surface area contributed by atoms with Crippen LogP contribution in [0.4, 0.5) is 0 Å². The van der Waals surface area contributed by atoms with E-state index in [0.29, 0.717) is 0 Å². The first kappa shape index (κ1) is 153. The van der Waals surface area contributed by atoms with Gasteiger partial charge in [-0.05, 0) is 194 Å². The lowest BCUT2D eigenvalue weighted by atomic mass is 9.77. The maximum atomic E-state index is 8.96. The largest absolute Gasteiger partial charge is 0.394 e. The second-order valence-electron chi connectivity index (χ2n) is 34.5. The molecule has 32 atom stereocenters. The molecule has 112 heavy (non-hydrogen) atoms. The molecule has 11 N–H and O–H groups in total. The summed E-state index contributed by atoms with van der Waals surface area (Å²) in [7, 11) is 6.75. The van der Waals surface area contributed by atoms with Crippen LogP contribution in [-0.4, -0.2) is 102 Å². The highest BCUT2D eigenvalue weighted by atomic mass is 35.5. The van der Waals surface area contributed by atoms with Gasteiger partial charge in [-0.2, -0.15) is 0 Å². The predicted octanol–water partition coefficient (Wildman–Crippen LogP) is 30.8. The first-order chi connectivity index (χ1) is 50.1. The first-order valence-corrected chi connectivity index (χ1v) is 47.0. The van der Waals surface area contributed by atoms with E-state index in [-0.39, 0.29) is 35.0 Å². The molecule has 0 aromatic carbocycles.